The lowest BCUT2D eigenvalue weighted by molar-refractivity contribution is -0.161. The third-order valence-electron chi connectivity index (χ3n) is 15.6. The zero-order valence-corrected chi connectivity index (χ0v) is 65.5. The minimum absolute atomic E-state index is 0.0624. The Hall–Kier alpha value is -5.35. The largest absolute Gasteiger partial charge is 0.472 e. The van der Waals surface area contributed by atoms with E-state index in [-0.39, 0.29) is 19.3 Å². The molecule has 5 atom stereocenters. The molecule has 18 heteroatoms. The molecule has 5 unspecified atom stereocenters. The molecule has 0 aromatic carbocycles. The topological polar surface area (TPSA) is 231 Å². The summed E-state index contributed by atoms with van der Waals surface area (Å²) in [5, 5.41) is 20.6. The molecular formula is C85H138O16P2. The van der Waals surface area contributed by atoms with Gasteiger partial charge in [-0.2, -0.15) is 0 Å². The van der Waals surface area contributed by atoms with Crippen LogP contribution >= 0.6 is 15.6 Å². The number of esters is 3. The van der Waals surface area contributed by atoms with E-state index in [0.717, 1.165) is 167 Å². The Kier molecular flexibility index (Phi) is 72.3. The highest BCUT2D eigenvalue weighted by atomic mass is 31.2. The van der Waals surface area contributed by atoms with Gasteiger partial charge in [0.15, 0.2) is 6.10 Å². The lowest BCUT2D eigenvalue weighted by atomic mass is 10.0. The van der Waals surface area contributed by atoms with Gasteiger partial charge in [-0.15, -0.1) is 0 Å². The number of aliphatic hydroxyl groups is 2. The van der Waals surface area contributed by atoms with E-state index in [9.17, 15) is 43.5 Å². The van der Waals surface area contributed by atoms with Gasteiger partial charge in [0.25, 0.3) is 0 Å². The van der Waals surface area contributed by atoms with Crippen molar-refractivity contribution in [1.82, 2.24) is 0 Å². The van der Waals surface area contributed by atoms with Crippen molar-refractivity contribution in [3.05, 3.63) is 182 Å². The second kappa shape index (κ2) is 76.3. The number of hydrogen-bond donors (Lipinski definition) is 4. The van der Waals surface area contributed by atoms with Crippen LogP contribution in [0.2, 0.25) is 0 Å². The van der Waals surface area contributed by atoms with Gasteiger partial charge in [-0.1, -0.05) is 287 Å². The number of unbranched alkanes of at least 4 members (excludes halogenated alkanes) is 19. The Bertz CT molecular complexity index is 2600. The first-order valence-corrected chi connectivity index (χ1v) is 42.1. The zero-order chi connectivity index (χ0) is 75.2. The van der Waals surface area contributed by atoms with E-state index in [1.54, 1.807) is 0 Å². The van der Waals surface area contributed by atoms with Gasteiger partial charge in [0.05, 0.1) is 26.4 Å². The van der Waals surface area contributed by atoms with Crippen LogP contribution in [0, 0.1) is 0 Å². The Morgan fingerprint density at radius 1 is 0.272 bits per heavy atom. The quantitative estimate of drug-likeness (QED) is 0.0146. The van der Waals surface area contributed by atoms with Gasteiger partial charge in [0, 0.05) is 19.3 Å². The third kappa shape index (κ3) is 77.6. The Morgan fingerprint density at radius 3 is 0.777 bits per heavy atom. The molecule has 0 radical (unpaired) electrons. The summed E-state index contributed by atoms with van der Waals surface area (Å²) in [6.45, 7) is 2.25. The van der Waals surface area contributed by atoms with Crippen molar-refractivity contribution in [2.24, 2.45) is 0 Å². The molecule has 0 spiro atoms. The molecule has 103 heavy (non-hydrogen) atoms. The van der Waals surface area contributed by atoms with E-state index in [2.05, 4.69) is 203 Å². The lowest BCUT2D eigenvalue weighted by Gasteiger charge is -2.21. The van der Waals surface area contributed by atoms with Crippen LogP contribution < -0.4 is 0 Å². The van der Waals surface area contributed by atoms with Crippen LogP contribution in [-0.2, 0) is 55.8 Å². The lowest BCUT2D eigenvalue weighted by Crippen LogP contribution is -2.30. The van der Waals surface area contributed by atoms with Gasteiger partial charge in [0.2, 0.25) is 0 Å². The van der Waals surface area contributed by atoms with Gasteiger partial charge in [0.1, 0.15) is 25.4 Å². The normalized spacial score (nSPS) is 15.0. The van der Waals surface area contributed by atoms with E-state index < -0.39 is 91.5 Å². The highest BCUT2D eigenvalue weighted by Gasteiger charge is 2.29. The van der Waals surface area contributed by atoms with Gasteiger partial charge in [-0.3, -0.25) is 32.5 Å². The SMILES string of the molecule is CC/C=C\C/C=C\C/C=C\C/C=C\C/C=C\C/C=C\CCCCCCCCCCCCCCC(=O)OCC(O)COP(=O)(O)OCC(O)COP(=O)(O)OCC(COC(=O)CCCCC/C=C\C/C=C\C/C=C\C/C=C\C/C=C\CC)OC(=O)CCCCCC/C=C\C/C=C\C/C=C\C/C=C\CC. The van der Waals surface area contributed by atoms with Gasteiger partial charge >= 0.3 is 33.6 Å². The van der Waals surface area contributed by atoms with Crippen molar-refractivity contribution in [3.63, 3.8) is 0 Å². The maximum Gasteiger partial charge on any atom is 0.472 e. The fourth-order valence-electron chi connectivity index (χ4n) is 9.77. The second-order valence-electron chi connectivity index (χ2n) is 25.4. The average Bonchev–Trinajstić information content (AvgIpc) is 0.915. The summed E-state index contributed by atoms with van der Waals surface area (Å²) in [6.07, 6.45) is 98.0. The molecule has 0 fully saturated rings. The number of phosphoric ester groups is 2. The molecule has 0 saturated carbocycles. The number of ether oxygens (including phenoxy) is 3. The highest BCUT2D eigenvalue weighted by Crippen LogP contribution is 2.45. The molecule has 0 saturated heterocycles. The molecule has 0 rings (SSSR count). The van der Waals surface area contributed by atoms with Crippen LogP contribution in [0.3, 0.4) is 0 Å². The first-order chi connectivity index (χ1) is 50.2. The van der Waals surface area contributed by atoms with Crippen molar-refractivity contribution >= 4 is 33.6 Å². The maximum atomic E-state index is 13.0. The van der Waals surface area contributed by atoms with E-state index >= 15 is 0 Å². The number of rotatable bonds is 72. The summed E-state index contributed by atoms with van der Waals surface area (Å²) in [4.78, 5) is 58.6. The molecule has 0 amide bonds. The fourth-order valence-corrected chi connectivity index (χ4v) is 11.4. The van der Waals surface area contributed by atoms with Crippen LogP contribution in [0.1, 0.15) is 278 Å². The van der Waals surface area contributed by atoms with Crippen LogP contribution in [-0.4, -0.2) is 95.9 Å². The number of carbonyl (C=O) groups excluding carboxylic acids is 3. The Morgan fingerprint density at radius 2 is 0.485 bits per heavy atom. The minimum Gasteiger partial charge on any atom is -0.463 e. The van der Waals surface area contributed by atoms with Crippen LogP contribution in [0.15, 0.2) is 182 Å². The summed E-state index contributed by atoms with van der Waals surface area (Å²) in [5.74, 6) is -1.65. The maximum absolute atomic E-state index is 13.0. The van der Waals surface area contributed by atoms with Gasteiger partial charge in [-0.05, 0) is 154 Å². The summed E-state index contributed by atoms with van der Waals surface area (Å²) < 4.78 is 61.1. The van der Waals surface area contributed by atoms with Crippen LogP contribution in [0.4, 0.5) is 0 Å². The van der Waals surface area contributed by atoms with Crippen molar-refractivity contribution < 1.29 is 75.8 Å². The first kappa shape index (κ1) is 97.7. The van der Waals surface area contributed by atoms with Gasteiger partial charge in [-0.25, -0.2) is 9.13 Å². The number of allylic oxidation sites excluding steroid dienone is 30. The Labute approximate surface area is 624 Å². The summed E-state index contributed by atoms with van der Waals surface area (Å²) >= 11 is 0. The number of hydrogen-bond acceptors (Lipinski definition) is 14. The summed E-state index contributed by atoms with van der Waals surface area (Å²) in [5.41, 5.74) is 0. The fraction of sp³-hybridized carbons (Fsp3) is 0.612. The standard InChI is InChI=1S/C85H138O16P2/c1-4-7-10-13-16-19-22-25-28-31-33-34-35-36-37-38-39-40-41-42-43-44-46-49-50-53-56-59-62-65-68-71-83(88)95-74-80(86)75-97-102(91,92)98-76-81(87)77-99-103(93,94)100-79-82(101-85(90)73-70-67-64-61-58-55-52-47-30-27-24-21-18-15-12-9-6-3)78-96-84(89)72-69-66-63-60-57-54-51-48-45-32-29-26-23-20-17-14-11-8-5-2/h7-12,16-21,25-30,33-34,36-37,39-40,45,48,52,54-55,57,80-82,86-87H,4-6,13-15,22-24,31-32,35,38,41-44,46-47,49-51,53,56,58-79H2,1-3H3,(H,91,92)(H,93,94)/b10-7-,11-8-,12-9-,19-16-,20-17-,21-18-,28-25-,29-26-,30-27-,34-33-,37-36-,40-39-,48-45-,55-52-,57-54-. The number of phosphoric acid groups is 2. The number of carbonyl (C=O) groups is 3. The van der Waals surface area contributed by atoms with Crippen LogP contribution in [0.25, 0.3) is 0 Å². The molecule has 0 aromatic heterocycles. The summed E-state index contributed by atoms with van der Waals surface area (Å²) in [6, 6.07) is 0. The van der Waals surface area contributed by atoms with E-state index in [0.29, 0.717) is 19.3 Å². The van der Waals surface area contributed by atoms with Gasteiger partial charge < -0.3 is 34.2 Å². The molecule has 16 nitrogen and oxygen atoms in total. The molecule has 0 aliphatic heterocycles. The molecular weight excluding hydrogens is 1340 g/mol. The second-order valence-corrected chi connectivity index (χ2v) is 28.3. The molecule has 0 aliphatic carbocycles. The van der Waals surface area contributed by atoms with Crippen molar-refractivity contribution in [2.75, 3.05) is 39.6 Å². The van der Waals surface area contributed by atoms with E-state index in [1.807, 2.05) is 0 Å². The van der Waals surface area contributed by atoms with Crippen molar-refractivity contribution in [1.29, 1.82) is 0 Å². The predicted molar refractivity (Wildman–Crippen MR) is 426 cm³/mol. The van der Waals surface area contributed by atoms with E-state index in [4.69, 9.17) is 32.3 Å². The predicted octanol–water partition coefficient (Wildman–Crippen LogP) is 23.0. The van der Waals surface area contributed by atoms with Crippen molar-refractivity contribution in [3.8, 4) is 0 Å². The number of aliphatic hydroxyl groups excluding tert-OH is 2. The molecule has 0 aliphatic rings. The average molecular weight is 1480 g/mol. The van der Waals surface area contributed by atoms with Crippen molar-refractivity contribution in [2.45, 2.75) is 296 Å². The third-order valence-corrected chi connectivity index (χ3v) is 17.5. The highest BCUT2D eigenvalue weighted by molar-refractivity contribution is 7.47. The monoisotopic (exact) mass is 1480 g/mol. The molecule has 0 bridgehead atoms. The molecule has 0 heterocycles. The smallest absolute Gasteiger partial charge is 0.463 e. The van der Waals surface area contributed by atoms with E-state index in [1.165, 1.54) is 51.4 Å². The Balaban J connectivity index is 4.58. The first-order valence-electron chi connectivity index (χ1n) is 39.1. The summed E-state index contributed by atoms with van der Waals surface area (Å²) in [7, 11) is -9.82. The minimum atomic E-state index is -4.95. The molecule has 0 aromatic rings. The molecule has 584 valence electrons. The van der Waals surface area contributed by atoms with Crippen LogP contribution in [0.5, 0.6) is 0 Å². The molecule has 4 N–H and O–H groups in total. The zero-order valence-electron chi connectivity index (χ0n) is 63.7.